The number of methoxy groups -OCH3 is 1. The number of benzene rings is 2. The van der Waals surface area contributed by atoms with Crippen LogP contribution in [0.2, 0.25) is 0 Å². The van der Waals surface area contributed by atoms with Crippen LogP contribution < -0.4 is 19.7 Å². The molecule has 0 unspecified atom stereocenters. The molecular formula is C21H22N2O6. The fourth-order valence-corrected chi connectivity index (χ4v) is 2.89. The molecule has 0 saturated carbocycles. The smallest absolute Gasteiger partial charge is 0.326 e. The predicted octanol–water partition coefficient (Wildman–Crippen LogP) is 2.38. The highest BCUT2D eigenvalue weighted by Gasteiger charge is 2.27. The molecule has 8 nitrogen and oxygen atoms in total. The van der Waals surface area contributed by atoms with Gasteiger partial charge in [0.1, 0.15) is 18.0 Å². The summed E-state index contributed by atoms with van der Waals surface area (Å²) in [7, 11) is 1.49. The fraction of sp³-hybridized carbons (Fsp3) is 0.286. The summed E-state index contributed by atoms with van der Waals surface area (Å²) in [6, 6.07) is 13.9. The van der Waals surface area contributed by atoms with Crippen LogP contribution in [0.5, 0.6) is 11.5 Å². The molecule has 1 aliphatic rings. The van der Waals surface area contributed by atoms with E-state index < -0.39 is 18.0 Å². The van der Waals surface area contributed by atoms with Crippen LogP contribution >= 0.6 is 0 Å². The molecule has 152 valence electrons. The summed E-state index contributed by atoms with van der Waals surface area (Å²) in [5, 5.41) is 2.66. The number of amides is 2. The SMILES string of the molecule is COc1ccccc1NC(=O)[C@H](C)OC(=O)CN1C(=O)CCOc2ccccc21. The van der Waals surface area contributed by atoms with Gasteiger partial charge >= 0.3 is 5.97 Å². The van der Waals surface area contributed by atoms with Crippen molar-refractivity contribution in [3.63, 3.8) is 0 Å². The normalized spacial score (nSPS) is 14.1. The Hall–Kier alpha value is -3.55. The van der Waals surface area contributed by atoms with Crippen LogP contribution in [0.3, 0.4) is 0 Å². The first-order valence-electron chi connectivity index (χ1n) is 9.15. The van der Waals surface area contributed by atoms with E-state index in [2.05, 4.69) is 5.32 Å². The number of rotatable bonds is 6. The second-order valence-electron chi connectivity index (χ2n) is 6.37. The van der Waals surface area contributed by atoms with Gasteiger partial charge in [-0.1, -0.05) is 24.3 Å². The van der Waals surface area contributed by atoms with Crippen LogP contribution in [0.25, 0.3) is 0 Å². The first-order valence-corrected chi connectivity index (χ1v) is 9.15. The van der Waals surface area contributed by atoms with Crippen molar-refractivity contribution < 1.29 is 28.6 Å². The van der Waals surface area contributed by atoms with Crippen molar-refractivity contribution in [2.45, 2.75) is 19.4 Å². The molecule has 0 radical (unpaired) electrons. The molecule has 0 saturated heterocycles. The average molecular weight is 398 g/mol. The number of nitrogens with zero attached hydrogens (tertiary/aromatic N) is 1. The van der Waals surface area contributed by atoms with Crippen molar-refractivity contribution >= 4 is 29.2 Å². The van der Waals surface area contributed by atoms with Crippen molar-refractivity contribution in [1.29, 1.82) is 0 Å². The summed E-state index contributed by atoms with van der Waals surface area (Å²) in [4.78, 5) is 38.5. The molecule has 3 rings (SSSR count). The molecule has 1 atom stereocenters. The quantitative estimate of drug-likeness (QED) is 0.751. The Balaban J connectivity index is 1.64. The van der Waals surface area contributed by atoms with Gasteiger partial charge in [-0.05, 0) is 31.2 Å². The van der Waals surface area contributed by atoms with Crippen molar-refractivity contribution in [3.8, 4) is 11.5 Å². The van der Waals surface area contributed by atoms with Crippen molar-refractivity contribution in [2.75, 3.05) is 30.5 Å². The van der Waals surface area contributed by atoms with Gasteiger partial charge in [0.05, 0.1) is 31.5 Å². The minimum absolute atomic E-state index is 0.145. The lowest BCUT2D eigenvalue weighted by atomic mass is 10.2. The van der Waals surface area contributed by atoms with E-state index in [1.807, 2.05) is 0 Å². The monoisotopic (exact) mass is 398 g/mol. The van der Waals surface area contributed by atoms with E-state index in [4.69, 9.17) is 14.2 Å². The third-order valence-electron chi connectivity index (χ3n) is 4.36. The van der Waals surface area contributed by atoms with Gasteiger partial charge in [-0.3, -0.25) is 19.3 Å². The molecule has 29 heavy (non-hydrogen) atoms. The van der Waals surface area contributed by atoms with E-state index in [0.717, 1.165) is 0 Å². The maximum Gasteiger partial charge on any atom is 0.326 e. The molecule has 0 aromatic heterocycles. The Morgan fingerprint density at radius 3 is 2.69 bits per heavy atom. The highest BCUT2D eigenvalue weighted by Crippen LogP contribution is 2.31. The third-order valence-corrected chi connectivity index (χ3v) is 4.36. The lowest BCUT2D eigenvalue weighted by Crippen LogP contribution is -2.39. The van der Waals surface area contributed by atoms with E-state index in [0.29, 0.717) is 22.9 Å². The van der Waals surface area contributed by atoms with Crippen LogP contribution in [-0.4, -0.2) is 44.1 Å². The lowest BCUT2D eigenvalue weighted by Gasteiger charge is -2.22. The zero-order chi connectivity index (χ0) is 20.8. The van der Waals surface area contributed by atoms with Crippen LogP contribution in [0, 0.1) is 0 Å². The van der Waals surface area contributed by atoms with Gasteiger partial charge in [0.25, 0.3) is 5.91 Å². The van der Waals surface area contributed by atoms with E-state index in [-0.39, 0.29) is 25.5 Å². The molecular weight excluding hydrogens is 376 g/mol. The Morgan fingerprint density at radius 1 is 1.17 bits per heavy atom. The molecule has 0 fully saturated rings. The average Bonchev–Trinajstić information content (AvgIpc) is 2.87. The summed E-state index contributed by atoms with van der Waals surface area (Å²) >= 11 is 0. The van der Waals surface area contributed by atoms with E-state index in [1.54, 1.807) is 48.5 Å². The zero-order valence-electron chi connectivity index (χ0n) is 16.2. The van der Waals surface area contributed by atoms with Gasteiger partial charge in [0, 0.05) is 0 Å². The number of fused-ring (bicyclic) bond motifs is 1. The number of anilines is 2. The number of esters is 1. The molecule has 8 heteroatoms. The van der Waals surface area contributed by atoms with Crippen molar-refractivity contribution in [3.05, 3.63) is 48.5 Å². The third kappa shape index (κ3) is 4.84. The minimum Gasteiger partial charge on any atom is -0.495 e. The number of para-hydroxylation sites is 4. The molecule has 1 N–H and O–H groups in total. The van der Waals surface area contributed by atoms with Crippen LogP contribution in [0.1, 0.15) is 13.3 Å². The van der Waals surface area contributed by atoms with Crippen LogP contribution in [-0.2, 0) is 19.1 Å². The summed E-state index contributed by atoms with van der Waals surface area (Å²) in [5.74, 6) is -0.441. The predicted molar refractivity (Wildman–Crippen MR) is 106 cm³/mol. The van der Waals surface area contributed by atoms with E-state index >= 15 is 0 Å². The number of carbonyl (C=O) groups is 3. The van der Waals surface area contributed by atoms with Crippen molar-refractivity contribution in [2.24, 2.45) is 0 Å². The molecule has 2 aromatic rings. The van der Waals surface area contributed by atoms with Crippen molar-refractivity contribution in [1.82, 2.24) is 0 Å². The molecule has 0 spiro atoms. The first-order chi connectivity index (χ1) is 14.0. The second kappa shape index (κ2) is 9.09. The van der Waals surface area contributed by atoms with Crippen LogP contribution in [0.15, 0.2) is 48.5 Å². The first kappa shape index (κ1) is 20.2. The Labute approximate surface area is 168 Å². The van der Waals surface area contributed by atoms with Gasteiger partial charge in [-0.2, -0.15) is 0 Å². The topological polar surface area (TPSA) is 94.2 Å². The summed E-state index contributed by atoms with van der Waals surface area (Å²) in [5.41, 5.74) is 0.967. The number of hydrogen-bond donors (Lipinski definition) is 1. The highest BCUT2D eigenvalue weighted by molar-refractivity contribution is 6.00. The Kier molecular flexibility index (Phi) is 6.33. The molecule has 2 amide bonds. The maximum atomic E-state index is 12.4. The Bertz CT molecular complexity index is 914. The number of ether oxygens (including phenoxy) is 3. The van der Waals surface area contributed by atoms with Gasteiger partial charge in [-0.25, -0.2) is 0 Å². The van der Waals surface area contributed by atoms with E-state index in [9.17, 15) is 14.4 Å². The molecule has 1 aliphatic heterocycles. The number of nitrogens with one attached hydrogen (secondary N) is 1. The lowest BCUT2D eigenvalue weighted by molar-refractivity contribution is -0.152. The van der Waals surface area contributed by atoms with Gasteiger partial charge in [-0.15, -0.1) is 0 Å². The molecule has 0 aliphatic carbocycles. The second-order valence-corrected chi connectivity index (χ2v) is 6.37. The highest BCUT2D eigenvalue weighted by atomic mass is 16.5. The summed E-state index contributed by atoms with van der Waals surface area (Å²) in [6.45, 7) is 1.38. The Morgan fingerprint density at radius 2 is 1.90 bits per heavy atom. The van der Waals surface area contributed by atoms with Gasteiger partial charge in [0.2, 0.25) is 5.91 Å². The van der Waals surface area contributed by atoms with E-state index in [1.165, 1.54) is 18.9 Å². The molecule has 1 heterocycles. The van der Waals surface area contributed by atoms with Gasteiger partial charge < -0.3 is 19.5 Å². The number of carbonyl (C=O) groups excluding carboxylic acids is 3. The summed E-state index contributed by atoms with van der Waals surface area (Å²) in [6.07, 6.45) is -0.910. The zero-order valence-corrected chi connectivity index (χ0v) is 16.2. The molecule has 0 bridgehead atoms. The van der Waals surface area contributed by atoms with Gasteiger partial charge in [0.15, 0.2) is 6.10 Å². The standard InChI is InChI=1S/C21H22N2O6/c1-14(21(26)22-15-7-3-5-9-17(15)27-2)29-20(25)13-23-16-8-4-6-10-18(16)28-12-11-19(23)24/h3-10,14H,11-13H2,1-2H3,(H,22,26)/t14-/m0/s1. The summed E-state index contributed by atoms with van der Waals surface area (Å²) < 4.78 is 16.0. The fourth-order valence-electron chi connectivity index (χ4n) is 2.89. The number of hydrogen-bond acceptors (Lipinski definition) is 6. The maximum absolute atomic E-state index is 12.4. The van der Waals surface area contributed by atoms with Crippen LogP contribution in [0.4, 0.5) is 11.4 Å². The molecule has 2 aromatic carbocycles. The largest absolute Gasteiger partial charge is 0.495 e. The minimum atomic E-state index is -1.05.